The van der Waals surface area contributed by atoms with Gasteiger partial charge in [-0.25, -0.2) is 0 Å². The first kappa shape index (κ1) is 25.9. The molecule has 0 bridgehead atoms. The average molecular weight is 503 g/mol. The molecule has 1 aliphatic heterocycles. The first-order valence-corrected chi connectivity index (χ1v) is 12.5. The number of hydrogen-bond acceptors (Lipinski definition) is 6. The van der Waals surface area contributed by atoms with Gasteiger partial charge in [-0.05, 0) is 56.3 Å². The second-order valence-electron chi connectivity index (χ2n) is 9.16. The van der Waals surface area contributed by atoms with Crippen LogP contribution in [0.3, 0.4) is 0 Å². The number of para-hydroxylation sites is 3. The predicted octanol–water partition coefficient (Wildman–Crippen LogP) is 4.18. The Morgan fingerprint density at radius 2 is 1.51 bits per heavy atom. The fourth-order valence-electron chi connectivity index (χ4n) is 4.35. The molecule has 4 rings (SSSR count). The van der Waals surface area contributed by atoms with E-state index in [1.165, 1.54) is 0 Å². The van der Waals surface area contributed by atoms with E-state index in [1.54, 1.807) is 25.3 Å². The first-order valence-electron chi connectivity index (χ1n) is 12.5. The van der Waals surface area contributed by atoms with E-state index < -0.39 is 0 Å². The number of hydrogen-bond donors (Lipinski definition) is 2. The summed E-state index contributed by atoms with van der Waals surface area (Å²) in [6, 6.07) is 22.6. The smallest absolute Gasteiger partial charge is 0.262 e. The van der Waals surface area contributed by atoms with Gasteiger partial charge in [-0.2, -0.15) is 0 Å². The molecule has 1 saturated heterocycles. The summed E-state index contributed by atoms with van der Waals surface area (Å²) in [7, 11) is 1.68. The second-order valence-corrected chi connectivity index (χ2v) is 9.16. The van der Waals surface area contributed by atoms with Crippen LogP contribution in [-0.4, -0.2) is 57.8 Å². The van der Waals surface area contributed by atoms with Gasteiger partial charge in [0.25, 0.3) is 11.8 Å². The molecule has 0 aliphatic carbocycles. The van der Waals surface area contributed by atoms with Crippen LogP contribution in [0.25, 0.3) is 0 Å². The number of amides is 2. The fourth-order valence-corrected chi connectivity index (χ4v) is 4.35. The highest BCUT2D eigenvalue weighted by Gasteiger charge is 2.24. The zero-order chi connectivity index (χ0) is 26.2. The SMILES string of the molecule is COc1ccccc1N1CCN(c2ccc(NC(=O)COc3ccccc3)cc2C(=O)NC(C)C)CC1. The van der Waals surface area contributed by atoms with Crippen LogP contribution >= 0.6 is 0 Å². The molecule has 0 saturated carbocycles. The second kappa shape index (κ2) is 12.2. The molecule has 1 aliphatic rings. The van der Waals surface area contributed by atoms with Crippen molar-refractivity contribution in [1.82, 2.24) is 5.32 Å². The van der Waals surface area contributed by atoms with Crippen LogP contribution in [-0.2, 0) is 4.79 Å². The summed E-state index contributed by atoms with van der Waals surface area (Å²) in [5.41, 5.74) is 2.99. The topological polar surface area (TPSA) is 83.1 Å². The quantitative estimate of drug-likeness (QED) is 0.457. The molecule has 0 radical (unpaired) electrons. The molecule has 194 valence electrons. The first-order chi connectivity index (χ1) is 17.9. The zero-order valence-electron chi connectivity index (χ0n) is 21.6. The Morgan fingerprint density at radius 3 is 2.19 bits per heavy atom. The summed E-state index contributed by atoms with van der Waals surface area (Å²) in [6.07, 6.45) is 0. The van der Waals surface area contributed by atoms with Crippen molar-refractivity contribution >= 4 is 28.9 Å². The van der Waals surface area contributed by atoms with Gasteiger partial charge in [0.1, 0.15) is 11.5 Å². The highest BCUT2D eigenvalue weighted by atomic mass is 16.5. The molecule has 8 heteroatoms. The number of rotatable bonds is 9. The van der Waals surface area contributed by atoms with Crippen LogP contribution in [0.1, 0.15) is 24.2 Å². The third-order valence-electron chi connectivity index (χ3n) is 6.10. The van der Waals surface area contributed by atoms with Gasteiger partial charge in [0.15, 0.2) is 6.61 Å². The van der Waals surface area contributed by atoms with Crippen LogP contribution in [0.2, 0.25) is 0 Å². The largest absolute Gasteiger partial charge is 0.495 e. The van der Waals surface area contributed by atoms with Crippen molar-refractivity contribution < 1.29 is 19.1 Å². The van der Waals surface area contributed by atoms with Crippen LogP contribution in [0.5, 0.6) is 11.5 Å². The highest BCUT2D eigenvalue weighted by Crippen LogP contribution is 2.31. The molecule has 0 unspecified atom stereocenters. The lowest BCUT2D eigenvalue weighted by Crippen LogP contribution is -2.47. The summed E-state index contributed by atoms with van der Waals surface area (Å²) in [5.74, 6) is 1.01. The Kier molecular flexibility index (Phi) is 8.51. The molecule has 0 aromatic heterocycles. The lowest BCUT2D eigenvalue weighted by Gasteiger charge is -2.38. The van der Waals surface area contributed by atoms with Crippen molar-refractivity contribution in [2.75, 3.05) is 55.0 Å². The van der Waals surface area contributed by atoms with Gasteiger partial charge in [0.2, 0.25) is 0 Å². The fraction of sp³-hybridized carbons (Fsp3) is 0.310. The number of methoxy groups -OCH3 is 1. The molecule has 1 heterocycles. The summed E-state index contributed by atoms with van der Waals surface area (Å²) in [6.45, 7) is 6.81. The molecule has 3 aromatic carbocycles. The van der Waals surface area contributed by atoms with Crippen molar-refractivity contribution in [2.24, 2.45) is 0 Å². The van der Waals surface area contributed by atoms with E-state index in [-0.39, 0.29) is 24.5 Å². The molecule has 3 aromatic rings. The molecule has 37 heavy (non-hydrogen) atoms. The minimum absolute atomic E-state index is 0.0136. The summed E-state index contributed by atoms with van der Waals surface area (Å²) in [5, 5.41) is 5.83. The van der Waals surface area contributed by atoms with Crippen molar-refractivity contribution in [3.8, 4) is 11.5 Å². The summed E-state index contributed by atoms with van der Waals surface area (Å²) < 4.78 is 11.1. The Bertz CT molecular complexity index is 1210. The monoisotopic (exact) mass is 502 g/mol. The van der Waals surface area contributed by atoms with Gasteiger partial charge in [0.05, 0.1) is 18.4 Å². The van der Waals surface area contributed by atoms with Gasteiger partial charge < -0.3 is 29.9 Å². The minimum atomic E-state index is -0.294. The van der Waals surface area contributed by atoms with E-state index in [0.717, 1.165) is 43.3 Å². The Labute approximate surface area is 218 Å². The Balaban J connectivity index is 1.47. The van der Waals surface area contributed by atoms with Gasteiger partial charge in [0, 0.05) is 43.6 Å². The number of piperazine rings is 1. The standard InChI is InChI=1S/C29H34N4O4/c1-21(2)30-29(35)24-19-22(31-28(34)20-37-23-9-5-4-6-10-23)13-14-25(24)32-15-17-33(18-16-32)26-11-7-8-12-27(26)36-3/h4-14,19,21H,15-18,20H2,1-3H3,(H,30,35)(H,31,34). The lowest BCUT2D eigenvalue weighted by atomic mass is 10.1. The van der Waals surface area contributed by atoms with Crippen molar-refractivity contribution in [3.05, 3.63) is 78.4 Å². The maximum absolute atomic E-state index is 13.1. The van der Waals surface area contributed by atoms with Gasteiger partial charge in [-0.1, -0.05) is 30.3 Å². The number of carbonyl (C=O) groups is 2. The molecule has 1 fully saturated rings. The third-order valence-corrected chi connectivity index (χ3v) is 6.10. The number of carbonyl (C=O) groups excluding carboxylic acids is 2. The van der Waals surface area contributed by atoms with Gasteiger partial charge in [-0.3, -0.25) is 9.59 Å². The third kappa shape index (κ3) is 6.73. The number of anilines is 3. The van der Waals surface area contributed by atoms with E-state index in [4.69, 9.17) is 9.47 Å². The molecule has 2 amide bonds. The predicted molar refractivity (Wildman–Crippen MR) is 147 cm³/mol. The molecule has 8 nitrogen and oxygen atoms in total. The van der Waals surface area contributed by atoms with E-state index in [9.17, 15) is 9.59 Å². The molecule has 0 spiro atoms. The molecular formula is C29H34N4O4. The van der Waals surface area contributed by atoms with Crippen molar-refractivity contribution in [1.29, 1.82) is 0 Å². The maximum atomic E-state index is 13.1. The van der Waals surface area contributed by atoms with Crippen LogP contribution in [0.15, 0.2) is 72.8 Å². The summed E-state index contributed by atoms with van der Waals surface area (Å²) in [4.78, 5) is 30.1. The Hall–Kier alpha value is -4.20. The number of benzene rings is 3. The van der Waals surface area contributed by atoms with E-state index >= 15 is 0 Å². The summed E-state index contributed by atoms with van der Waals surface area (Å²) >= 11 is 0. The van der Waals surface area contributed by atoms with E-state index in [2.05, 4.69) is 26.5 Å². The van der Waals surface area contributed by atoms with E-state index in [1.807, 2.05) is 62.4 Å². The normalized spacial score (nSPS) is 13.3. The van der Waals surface area contributed by atoms with Gasteiger partial charge >= 0.3 is 0 Å². The highest BCUT2D eigenvalue weighted by molar-refractivity contribution is 6.02. The zero-order valence-corrected chi connectivity index (χ0v) is 21.6. The Morgan fingerprint density at radius 1 is 0.865 bits per heavy atom. The minimum Gasteiger partial charge on any atom is -0.495 e. The molecule has 2 N–H and O–H groups in total. The van der Waals surface area contributed by atoms with Crippen LogP contribution in [0, 0.1) is 0 Å². The number of nitrogens with zero attached hydrogens (tertiary/aromatic N) is 2. The number of nitrogens with one attached hydrogen (secondary N) is 2. The van der Waals surface area contributed by atoms with Crippen LogP contribution < -0.4 is 29.9 Å². The van der Waals surface area contributed by atoms with Crippen LogP contribution in [0.4, 0.5) is 17.1 Å². The van der Waals surface area contributed by atoms with Gasteiger partial charge in [-0.15, -0.1) is 0 Å². The number of ether oxygens (including phenoxy) is 2. The van der Waals surface area contributed by atoms with Crippen molar-refractivity contribution in [2.45, 2.75) is 19.9 Å². The molecular weight excluding hydrogens is 468 g/mol. The van der Waals surface area contributed by atoms with E-state index in [0.29, 0.717) is 17.0 Å². The maximum Gasteiger partial charge on any atom is 0.262 e. The lowest BCUT2D eigenvalue weighted by molar-refractivity contribution is -0.118. The molecule has 0 atom stereocenters. The average Bonchev–Trinajstić information content (AvgIpc) is 2.92. The van der Waals surface area contributed by atoms with Crippen molar-refractivity contribution in [3.63, 3.8) is 0 Å².